The van der Waals surface area contributed by atoms with Gasteiger partial charge < -0.3 is 10.0 Å². The predicted octanol–water partition coefficient (Wildman–Crippen LogP) is 2.55. The summed E-state index contributed by atoms with van der Waals surface area (Å²) in [7, 11) is 0. The van der Waals surface area contributed by atoms with Crippen LogP contribution in [0, 0.1) is 5.92 Å². The number of thiazole rings is 1. The Bertz CT molecular complexity index is 508. The summed E-state index contributed by atoms with van der Waals surface area (Å²) >= 11 is 1.71. The number of nitrogens with zero attached hydrogens (tertiary/aromatic N) is 2. The number of fused-ring (bicyclic) bond motifs is 1. The van der Waals surface area contributed by atoms with E-state index in [1.165, 1.54) is 23.1 Å². The van der Waals surface area contributed by atoms with Crippen LogP contribution in [0.25, 0.3) is 0 Å². The fraction of sp³-hybridized carbons (Fsp3) is 0.625. The predicted molar refractivity (Wildman–Crippen MR) is 85.2 cm³/mol. The van der Waals surface area contributed by atoms with Crippen molar-refractivity contribution in [1.82, 2.24) is 9.88 Å². The van der Waals surface area contributed by atoms with Gasteiger partial charge >= 0.3 is 0 Å². The first kappa shape index (κ1) is 16.2. The Balaban J connectivity index is 2.17. The summed E-state index contributed by atoms with van der Waals surface area (Å²) in [5.41, 5.74) is 1.20. The number of carbonyl (C=O) groups excluding carboxylic acids is 1. The number of carbonyl (C=O) groups is 1. The second kappa shape index (κ2) is 7.18. The summed E-state index contributed by atoms with van der Waals surface area (Å²) in [4.78, 5) is 19.8. The van der Waals surface area contributed by atoms with E-state index in [1.807, 2.05) is 6.92 Å². The smallest absolute Gasteiger partial charge is 0.246 e. The van der Waals surface area contributed by atoms with Crippen molar-refractivity contribution in [2.45, 2.75) is 52.1 Å². The highest BCUT2D eigenvalue weighted by molar-refractivity contribution is 7.11. The number of aliphatic hydroxyl groups excluding tert-OH is 1. The topological polar surface area (TPSA) is 53.4 Å². The lowest BCUT2D eigenvalue weighted by Crippen LogP contribution is -2.40. The van der Waals surface area contributed by atoms with Crippen molar-refractivity contribution in [2.75, 3.05) is 6.61 Å². The van der Waals surface area contributed by atoms with Gasteiger partial charge in [0.1, 0.15) is 5.01 Å². The number of aryl methyl sites for hydroxylation is 1. The molecular formula is C16H24N2O2S. The van der Waals surface area contributed by atoms with Crippen molar-refractivity contribution in [3.05, 3.63) is 28.2 Å². The van der Waals surface area contributed by atoms with Gasteiger partial charge in [0.15, 0.2) is 0 Å². The van der Waals surface area contributed by atoms with Gasteiger partial charge in [0.05, 0.1) is 24.9 Å². The maximum absolute atomic E-state index is 12.0. The maximum Gasteiger partial charge on any atom is 0.246 e. The maximum atomic E-state index is 12.0. The number of hydrogen-bond acceptors (Lipinski definition) is 4. The molecule has 0 aromatic carbocycles. The van der Waals surface area contributed by atoms with Crippen LogP contribution in [0.2, 0.25) is 0 Å². The summed E-state index contributed by atoms with van der Waals surface area (Å²) in [6.45, 7) is 8.24. The molecule has 0 bridgehead atoms. The Morgan fingerprint density at radius 3 is 3.05 bits per heavy atom. The Hall–Kier alpha value is -1.20. The molecular weight excluding hydrogens is 284 g/mol. The van der Waals surface area contributed by atoms with E-state index in [0.717, 1.165) is 30.2 Å². The van der Waals surface area contributed by atoms with Crippen LogP contribution in [0.4, 0.5) is 0 Å². The first-order valence-corrected chi connectivity index (χ1v) is 8.42. The number of aliphatic hydroxyl groups is 1. The van der Waals surface area contributed by atoms with Crippen molar-refractivity contribution in [3.8, 4) is 0 Å². The zero-order chi connectivity index (χ0) is 15.4. The zero-order valence-corrected chi connectivity index (χ0v) is 13.7. The minimum atomic E-state index is -0.171. The van der Waals surface area contributed by atoms with E-state index in [0.29, 0.717) is 6.54 Å². The third kappa shape index (κ3) is 3.71. The van der Waals surface area contributed by atoms with E-state index >= 15 is 0 Å². The third-order valence-electron chi connectivity index (χ3n) is 4.12. The number of amides is 1. The Labute approximate surface area is 130 Å². The van der Waals surface area contributed by atoms with Crippen LogP contribution in [0.1, 0.15) is 42.3 Å². The van der Waals surface area contributed by atoms with Crippen LogP contribution in [0.15, 0.2) is 12.7 Å². The number of hydrogen-bond donors (Lipinski definition) is 1. The fourth-order valence-corrected chi connectivity index (χ4v) is 4.04. The molecule has 5 heteroatoms. The van der Waals surface area contributed by atoms with E-state index in [4.69, 9.17) is 4.98 Å². The van der Waals surface area contributed by atoms with Crippen LogP contribution in [-0.4, -0.2) is 33.5 Å². The quantitative estimate of drug-likeness (QED) is 0.822. The molecule has 0 saturated carbocycles. The minimum Gasteiger partial charge on any atom is -0.394 e. The molecule has 1 unspecified atom stereocenters. The van der Waals surface area contributed by atoms with Gasteiger partial charge in [-0.05, 0) is 37.7 Å². The molecule has 1 N–H and O–H groups in total. The highest BCUT2D eigenvalue weighted by atomic mass is 32.1. The van der Waals surface area contributed by atoms with E-state index < -0.39 is 0 Å². The van der Waals surface area contributed by atoms with Gasteiger partial charge in [-0.25, -0.2) is 4.98 Å². The average Bonchev–Trinajstić information content (AvgIpc) is 2.88. The number of rotatable bonds is 6. The normalized spacial score (nSPS) is 18.9. The second-order valence-corrected chi connectivity index (χ2v) is 6.91. The molecule has 0 aliphatic heterocycles. The zero-order valence-electron chi connectivity index (χ0n) is 12.8. The van der Waals surface area contributed by atoms with E-state index in [-0.39, 0.29) is 18.6 Å². The van der Waals surface area contributed by atoms with Gasteiger partial charge in [-0.1, -0.05) is 20.4 Å². The van der Waals surface area contributed by atoms with Crippen LogP contribution in [0.3, 0.4) is 0 Å². The van der Waals surface area contributed by atoms with Gasteiger partial charge in [-0.2, -0.15) is 0 Å². The Morgan fingerprint density at radius 2 is 2.43 bits per heavy atom. The van der Waals surface area contributed by atoms with Gasteiger partial charge in [0.25, 0.3) is 0 Å². The lowest BCUT2D eigenvalue weighted by molar-refractivity contribution is -0.130. The molecule has 0 spiro atoms. The van der Waals surface area contributed by atoms with Crippen LogP contribution in [0.5, 0.6) is 0 Å². The molecule has 1 aromatic heterocycles. The first-order chi connectivity index (χ1) is 10.1. The monoisotopic (exact) mass is 308 g/mol. The Morgan fingerprint density at radius 1 is 1.67 bits per heavy atom. The van der Waals surface area contributed by atoms with E-state index in [9.17, 15) is 9.90 Å². The molecule has 1 amide bonds. The molecule has 2 atom stereocenters. The van der Waals surface area contributed by atoms with Crippen LogP contribution < -0.4 is 0 Å². The van der Waals surface area contributed by atoms with Crippen molar-refractivity contribution >= 4 is 17.2 Å². The number of aromatic nitrogens is 1. The van der Waals surface area contributed by atoms with E-state index in [2.05, 4.69) is 13.5 Å². The summed E-state index contributed by atoms with van der Waals surface area (Å²) < 4.78 is 0. The van der Waals surface area contributed by atoms with Crippen LogP contribution >= 0.6 is 11.3 Å². The highest BCUT2D eigenvalue weighted by Crippen LogP contribution is 2.30. The molecule has 1 aliphatic carbocycles. The first-order valence-electron chi connectivity index (χ1n) is 7.60. The molecule has 116 valence electrons. The standard InChI is InChI=1S/C16H24N2O2S/c1-4-12(10-19)18(16(20)5-2)9-15-17-13-7-6-11(3)8-14(13)21-15/h5,11-12,19H,2,4,6-10H2,1,3H3/t11?,12-/m0/s1. The van der Waals surface area contributed by atoms with Crippen molar-refractivity contribution < 1.29 is 9.90 Å². The summed E-state index contributed by atoms with van der Waals surface area (Å²) in [5, 5.41) is 10.4. The molecule has 2 rings (SSSR count). The van der Waals surface area contributed by atoms with Crippen LogP contribution in [-0.2, 0) is 24.2 Å². The highest BCUT2D eigenvalue weighted by Gasteiger charge is 2.24. The third-order valence-corrected chi connectivity index (χ3v) is 5.22. The molecule has 21 heavy (non-hydrogen) atoms. The molecule has 0 saturated heterocycles. The van der Waals surface area contributed by atoms with Crippen molar-refractivity contribution in [3.63, 3.8) is 0 Å². The summed E-state index contributed by atoms with van der Waals surface area (Å²) in [6, 6.07) is -0.171. The molecule has 1 aromatic rings. The summed E-state index contributed by atoms with van der Waals surface area (Å²) in [6.07, 6.45) is 5.37. The van der Waals surface area contributed by atoms with Crippen molar-refractivity contribution in [2.24, 2.45) is 5.92 Å². The molecule has 0 radical (unpaired) electrons. The molecule has 0 fully saturated rings. The molecule has 1 heterocycles. The lowest BCUT2D eigenvalue weighted by Gasteiger charge is -2.28. The minimum absolute atomic E-state index is 0.0296. The summed E-state index contributed by atoms with van der Waals surface area (Å²) in [5.74, 6) is 0.579. The van der Waals surface area contributed by atoms with Gasteiger partial charge in [0, 0.05) is 4.88 Å². The average molecular weight is 308 g/mol. The lowest BCUT2D eigenvalue weighted by atomic mass is 9.93. The second-order valence-electron chi connectivity index (χ2n) is 5.74. The molecule has 4 nitrogen and oxygen atoms in total. The Kier molecular flexibility index (Phi) is 5.53. The van der Waals surface area contributed by atoms with Gasteiger partial charge in [-0.15, -0.1) is 11.3 Å². The van der Waals surface area contributed by atoms with Crippen molar-refractivity contribution in [1.29, 1.82) is 0 Å². The van der Waals surface area contributed by atoms with Gasteiger partial charge in [-0.3, -0.25) is 4.79 Å². The fourth-order valence-electron chi connectivity index (χ4n) is 2.76. The van der Waals surface area contributed by atoms with Gasteiger partial charge in [0.2, 0.25) is 5.91 Å². The SMILES string of the molecule is C=CC(=O)N(Cc1nc2c(s1)CC(C)CC2)[C@@H](CC)CO. The van der Waals surface area contributed by atoms with E-state index in [1.54, 1.807) is 16.2 Å². The largest absolute Gasteiger partial charge is 0.394 e. The molecule has 1 aliphatic rings.